The number of benzene rings is 1. The molecule has 1 N–H and O–H groups in total. The maximum absolute atomic E-state index is 12.8. The summed E-state index contributed by atoms with van der Waals surface area (Å²) in [5.74, 6) is 0. The number of nitrogens with zero attached hydrogens (tertiary/aromatic N) is 2. The van der Waals surface area contributed by atoms with Crippen molar-refractivity contribution in [2.45, 2.75) is 23.9 Å². The molecule has 1 aliphatic heterocycles. The van der Waals surface area contributed by atoms with Gasteiger partial charge >= 0.3 is 0 Å². The second-order valence-corrected chi connectivity index (χ2v) is 8.96. The van der Waals surface area contributed by atoms with E-state index in [4.69, 9.17) is 4.74 Å². The molecule has 0 aliphatic carbocycles. The van der Waals surface area contributed by atoms with Crippen molar-refractivity contribution in [1.82, 2.24) is 9.62 Å². The van der Waals surface area contributed by atoms with Crippen molar-refractivity contribution in [3.8, 4) is 0 Å². The van der Waals surface area contributed by atoms with Crippen LogP contribution in [-0.4, -0.2) is 50.6 Å². The van der Waals surface area contributed by atoms with Gasteiger partial charge in [0.2, 0.25) is 10.0 Å². The SMILES string of the molecule is C[C@@H](NS(=O)(=O)c1ccc([N+](=O)[O-])cc1)[C@@H](c1cccs1)N1CCOCC1. The summed E-state index contributed by atoms with van der Waals surface area (Å²) in [6, 6.07) is 8.34. The molecule has 0 spiro atoms. The fourth-order valence-corrected chi connectivity index (χ4v) is 5.39. The lowest BCUT2D eigenvalue weighted by atomic mass is 10.1. The summed E-state index contributed by atoms with van der Waals surface area (Å²) in [6.45, 7) is 4.52. The van der Waals surface area contributed by atoms with E-state index in [-0.39, 0.29) is 22.7 Å². The number of nitrogens with one attached hydrogen (secondary N) is 1. The number of nitro groups is 1. The van der Waals surface area contributed by atoms with Gasteiger partial charge in [-0.25, -0.2) is 13.1 Å². The number of hydrogen-bond donors (Lipinski definition) is 1. The first-order valence-electron chi connectivity index (χ1n) is 8.50. The van der Waals surface area contributed by atoms with Gasteiger partial charge in [0, 0.05) is 36.1 Å². The Morgan fingerprint density at radius 2 is 1.89 bits per heavy atom. The molecule has 0 saturated carbocycles. The molecule has 0 radical (unpaired) electrons. The van der Waals surface area contributed by atoms with E-state index in [0.29, 0.717) is 13.2 Å². The van der Waals surface area contributed by atoms with Gasteiger partial charge in [-0.1, -0.05) is 6.07 Å². The zero-order valence-electron chi connectivity index (χ0n) is 14.8. The molecule has 0 bridgehead atoms. The van der Waals surface area contributed by atoms with E-state index in [1.807, 2.05) is 24.4 Å². The van der Waals surface area contributed by atoms with Crippen LogP contribution in [0.5, 0.6) is 0 Å². The lowest BCUT2D eigenvalue weighted by Crippen LogP contribution is -2.48. The fourth-order valence-electron chi connectivity index (χ4n) is 3.18. The van der Waals surface area contributed by atoms with Crippen LogP contribution in [0, 0.1) is 10.1 Å². The predicted octanol–water partition coefficient (Wildman–Crippen LogP) is 2.40. The minimum Gasteiger partial charge on any atom is -0.379 e. The number of hydrogen-bond acceptors (Lipinski definition) is 7. The Labute approximate surface area is 162 Å². The number of rotatable bonds is 7. The van der Waals surface area contributed by atoms with Crippen LogP contribution in [0.1, 0.15) is 17.8 Å². The van der Waals surface area contributed by atoms with E-state index in [1.54, 1.807) is 11.3 Å². The van der Waals surface area contributed by atoms with Crippen LogP contribution in [0.15, 0.2) is 46.7 Å². The highest BCUT2D eigenvalue weighted by molar-refractivity contribution is 7.89. The Kier molecular flexibility index (Phi) is 6.22. The molecule has 8 nitrogen and oxygen atoms in total. The van der Waals surface area contributed by atoms with Crippen molar-refractivity contribution in [3.05, 3.63) is 56.8 Å². The number of morpholine rings is 1. The van der Waals surface area contributed by atoms with Gasteiger partial charge in [-0.15, -0.1) is 11.3 Å². The molecule has 1 saturated heterocycles. The molecule has 146 valence electrons. The molecule has 2 aromatic rings. The smallest absolute Gasteiger partial charge is 0.269 e. The predicted molar refractivity (Wildman–Crippen MR) is 102 cm³/mol. The molecule has 0 amide bonds. The molecule has 2 atom stereocenters. The van der Waals surface area contributed by atoms with E-state index < -0.39 is 14.9 Å². The van der Waals surface area contributed by atoms with Crippen LogP contribution in [0.25, 0.3) is 0 Å². The second kappa shape index (κ2) is 8.44. The van der Waals surface area contributed by atoms with E-state index >= 15 is 0 Å². The van der Waals surface area contributed by atoms with Crippen molar-refractivity contribution >= 4 is 27.0 Å². The molecule has 27 heavy (non-hydrogen) atoms. The van der Waals surface area contributed by atoms with E-state index in [1.165, 1.54) is 24.3 Å². The summed E-state index contributed by atoms with van der Waals surface area (Å²) in [6.07, 6.45) is 0. The molecule has 0 unspecified atom stereocenters. The fraction of sp³-hybridized carbons (Fsp3) is 0.412. The zero-order chi connectivity index (χ0) is 19.4. The highest BCUT2D eigenvalue weighted by atomic mass is 32.2. The van der Waals surface area contributed by atoms with Crippen LogP contribution in [0.4, 0.5) is 5.69 Å². The molecule has 1 aromatic heterocycles. The summed E-state index contributed by atoms with van der Waals surface area (Å²) in [5.41, 5.74) is -0.147. The summed E-state index contributed by atoms with van der Waals surface area (Å²) >= 11 is 1.59. The summed E-state index contributed by atoms with van der Waals surface area (Å²) in [7, 11) is -3.80. The van der Waals surface area contributed by atoms with Gasteiger partial charge in [0.1, 0.15) is 0 Å². The topological polar surface area (TPSA) is 102 Å². The van der Waals surface area contributed by atoms with E-state index in [0.717, 1.165) is 18.0 Å². The number of ether oxygens (including phenoxy) is 1. The van der Waals surface area contributed by atoms with Crippen LogP contribution in [-0.2, 0) is 14.8 Å². The van der Waals surface area contributed by atoms with Gasteiger partial charge in [0.25, 0.3) is 5.69 Å². The standard InChI is InChI=1S/C17H21N3O5S2/c1-13(17(16-3-2-12-26-16)19-8-10-25-11-9-19)18-27(23,24)15-6-4-14(5-7-15)20(21)22/h2-7,12-13,17-18H,8-11H2,1H3/t13-,17+/m1/s1. The minimum absolute atomic E-state index is 0.00635. The Morgan fingerprint density at radius 1 is 1.22 bits per heavy atom. The number of non-ortho nitro benzene ring substituents is 1. The maximum atomic E-state index is 12.8. The third-order valence-electron chi connectivity index (χ3n) is 4.45. The van der Waals surface area contributed by atoms with Gasteiger partial charge in [-0.05, 0) is 30.5 Å². The largest absolute Gasteiger partial charge is 0.379 e. The number of nitro benzene ring substituents is 1. The molecule has 3 rings (SSSR count). The number of thiophene rings is 1. The van der Waals surface area contributed by atoms with E-state index in [2.05, 4.69) is 9.62 Å². The van der Waals surface area contributed by atoms with Crippen molar-refractivity contribution in [3.63, 3.8) is 0 Å². The van der Waals surface area contributed by atoms with E-state index in [9.17, 15) is 18.5 Å². The van der Waals surface area contributed by atoms with Gasteiger partial charge in [-0.2, -0.15) is 0 Å². The molecule has 2 heterocycles. The average molecular weight is 412 g/mol. The van der Waals surface area contributed by atoms with Crippen LogP contribution in [0.3, 0.4) is 0 Å². The first-order valence-corrected chi connectivity index (χ1v) is 10.9. The lowest BCUT2D eigenvalue weighted by molar-refractivity contribution is -0.384. The molecule has 1 aliphatic rings. The Balaban J connectivity index is 1.81. The molecular formula is C17H21N3O5S2. The van der Waals surface area contributed by atoms with Crippen LogP contribution in [0.2, 0.25) is 0 Å². The van der Waals surface area contributed by atoms with Gasteiger partial charge < -0.3 is 4.74 Å². The Bertz CT molecular complexity index is 862. The molecular weight excluding hydrogens is 390 g/mol. The summed E-state index contributed by atoms with van der Waals surface area (Å²) in [5, 5.41) is 12.7. The average Bonchev–Trinajstić information content (AvgIpc) is 3.16. The van der Waals surface area contributed by atoms with Crippen LogP contribution >= 0.6 is 11.3 Å². The lowest BCUT2D eigenvalue weighted by Gasteiger charge is -2.37. The van der Waals surface area contributed by atoms with Gasteiger partial charge in [-0.3, -0.25) is 15.0 Å². The maximum Gasteiger partial charge on any atom is 0.269 e. The Hall–Kier alpha value is -1.85. The quantitative estimate of drug-likeness (QED) is 0.554. The summed E-state index contributed by atoms with van der Waals surface area (Å²) < 4.78 is 33.7. The first-order chi connectivity index (χ1) is 12.9. The van der Waals surface area contributed by atoms with Crippen molar-refractivity contribution in [2.24, 2.45) is 0 Å². The van der Waals surface area contributed by atoms with Gasteiger partial charge in [0.05, 0.1) is 29.1 Å². The van der Waals surface area contributed by atoms with Crippen molar-refractivity contribution in [1.29, 1.82) is 0 Å². The first kappa shape index (κ1) is 19.9. The molecule has 10 heteroatoms. The van der Waals surface area contributed by atoms with Crippen LogP contribution < -0.4 is 4.72 Å². The Morgan fingerprint density at radius 3 is 2.44 bits per heavy atom. The highest BCUT2D eigenvalue weighted by Gasteiger charge is 2.31. The third kappa shape index (κ3) is 4.71. The van der Waals surface area contributed by atoms with Crippen molar-refractivity contribution < 1.29 is 18.1 Å². The third-order valence-corrected chi connectivity index (χ3v) is 6.96. The van der Waals surface area contributed by atoms with Crippen molar-refractivity contribution in [2.75, 3.05) is 26.3 Å². The summed E-state index contributed by atoms with van der Waals surface area (Å²) in [4.78, 5) is 13.5. The normalized spacial score (nSPS) is 18.1. The van der Waals surface area contributed by atoms with Gasteiger partial charge in [0.15, 0.2) is 0 Å². The minimum atomic E-state index is -3.80. The highest BCUT2D eigenvalue weighted by Crippen LogP contribution is 2.30. The monoisotopic (exact) mass is 411 g/mol. The number of sulfonamides is 1. The molecule has 1 fully saturated rings. The molecule has 1 aromatic carbocycles. The zero-order valence-corrected chi connectivity index (χ0v) is 16.4. The second-order valence-electron chi connectivity index (χ2n) is 6.27.